The van der Waals surface area contributed by atoms with E-state index in [-0.39, 0.29) is 6.61 Å². The molecule has 28 heavy (non-hydrogen) atoms. The van der Waals surface area contributed by atoms with Gasteiger partial charge in [-0.25, -0.2) is 4.79 Å². The number of carboxylic acid groups (broad SMARTS) is 1. The van der Waals surface area contributed by atoms with E-state index in [2.05, 4.69) is 57.3 Å². The molecule has 2 N–H and O–H groups in total. The zero-order valence-corrected chi connectivity index (χ0v) is 18.3. The van der Waals surface area contributed by atoms with Crippen LogP contribution in [-0.2, 0) is 4.79 Å². The molecular formula is C23H31NO3S. The molecule has 1 aromatic carbocycles. The van der Waals surface area contributed by atoms with E-state index >= 15 is 0 Å². The summed E-state index contributed by atoms with van der Waals surface area (Å²) >= 11 is 1.59. The highest BCUT2D eigenvalue weighted by Crippen LogP contribution is 2.46. The van der Waals surface area contributed by atoms with Crippen LogP contribution in [0.1, 0.15) is 52.5 Å². The van der Waals surface area contributed by atoms with E-state index in [4.69, 9.17) is 9.84 Å². The van der Waals surface area contributed by atoms with Crippen LogP contribution in [0.5, 0.6) is 5.75 Å². The van der Waals surface area contributed by atoms with Crippen molar-refractivity contribution in [2.45, 2.75) is 59.9 Å². The third kappa shape index (κ3) is 5.07. The normalized spacial score (nSPS) is 18.6. The first-order valence-electron chi connectivity index (χ1n) is 9.84. The van der Waals surface area contributed by atoms with E-state index in [0.717, 1.165) is 21.7 Å². The molecule has 0 amide bonds. The maximum atomic E-state index is 10.8. The van der Waals surface area contributed by atoms with Crippen LogP contribution in [0.25, 0.3) is 10.4 Å². The van der Waals surface area contributed by atoms with E-state index in [0.29, 0.717) is 22.6 Å². The lowest BCUT2D eigenvalue weighted by molar-refractivity contribution is -0.139. The van der Waals surface area contributed by atoms with Gasteiger partial charge in [-0.3, -0.25) is 0 Å². The predicted octanol–water partition coefficient (Wildman–Crippen LogP) is 6.20. The van der Waals surface area contributed by atoms with Crippen molar-refractivity contribution < 1.29 is 14.6 Å². The van der Waals surface area contributed by atoms with Gasteiger partial charge in [-0.05, 0) is 54.7 Å². The second-order valence-corrected chi connectivity index (χ2v) is 10.5. The fourth-order valence-corrected chi connectivity index (χ4v) is 5.91. The molecule has 0 radical (unpaired) electrons. The lowest BCUT2D eigenvalue weighted by Gasteiger charge is -2.45. The molecular weight excluding hydrogens is 370 g/mol. The quantitative estimate of drug-likeness (QED) is 0.605. The van der Waals surface area contributed by atoms with Gasteiger partial charge in [0.05, 0.1) is 0 Å². The van der Waals surface area contributed by atoms with E-state index in [1.807, 2.05) is 12.3 Å². The number of rotatable bonds is 6. The Balaban J connectivity index is 1.77. The van der Waals surface area contributed by atoms with Crippen molar-refractivity contribution in [1.29, 1.82) is 0 Å². The van der Waals surface area contributed by atoms with Crippen molar-refractivity contribution in [3.8, 4) is 16.2 Å². The lowest BCUT2D eigenvalue weighted by Crippen LogP contribution is -2.40. The molecule has 4 nitrogen and oxygen atoms in total. The van der Waals surface area contributed by atoms with Crippen LogP contribution in [-0.4, -0.2) is 23.7 Å². The monoisotopic (exact) mass is 401 g/mol. The zero-order valence-electron chi connectivity index (χ0n) is 17.5. The largest absolute Gasteiger partial charge is 0.481 e. The third-order valence-electron chi connectivity index (χ3n) is 5.40. The number of thiophene rings is 1. The maximum absolute atomic E-state index is 10.8. The fraction of sp³-hybridized carbons (Fsp3) is 0.522. The Hall–Kier alpha value is -2.01. The van der Waals surface area contributed by atoms with Crippen LogP contribution < -0.4 is 10.1 Å². The third-order valence-corrected chi connectivity index (χ3v) is 6.51. The van der Waals surface area contributed by atoms with E-state index in [1.54, 1.807) is 11.3 Å². The Morgan fingerprint density at radius 2 is 1.93 bits per heavy atom. The van der Waals surface area contributed by atoms with Gasteiger partial charge in [0, 0.05) is 27.5 Å². The van der Waals surface area contributed by atoms with Crippen molar-refractivity contribution in [1.82, 2.24) is 0 Å². The topological polar surface area (TPSA) is 58.6 Å². The second-order valence-electron chi connectivity index (χ2n) is 9.57. The van der Waals surface area contributed by atoms with Gasteiger partial charge in [-0.1, -0.05) is 39.8 Å². The minimum Gasteiger partial charge on any atom is -0.481 e. The standard InChI is InChI=1S/C23H31NO3S/c1-15-19(27-12-20(25)26)13-28-21(15)16-7-6-8-17(9-16)24-18-10-22(2,3)14-23(4,5)11-18/h6-9,13,18,24H,10-12,14H2,1-5H3,(H,25,26). The Bertz CT molecular complexity index is 837. The van der Waals surface area contributed by atoms with Crippen LogP contribution in [0.2, 0.25) is 0 Å². The lowest BCUT2D eigenvalue weighted by atomic mass is 9.63. The second kappa shape index (κ2) is 7.78. The number of hydrogen-bond acceptors (Lipinski definition) is 4. The first-order valence-corrected chi connectivity index (χ1v) is 10.7. The van der Waals surface area contributed by atoms with E-state index < -0.39 is 5.97 Å². The molecule has 0 unspecified atom stereocenters. The van der Waals surface area contributed by atoms with Crippen LogP contribution >= 0.6 is 11.3 Å². The minimum atomic E-state index is -0.961. The predicted molar refractivity (Wildman–Crippen MR) is 116 cm³/mol. The van der Waals surface area contributed by atoms with Gasteiger partial charge in [-0.2, -0.15) is 0 Å². The molecule has 1 aliphatic rings. The number of carbonyl (C=O) groups is 1. The number of ether oxygens (including phenoxy) is 1. The van der Waals surface area contributed by atoms with E-state index in [1.165, 1.54) is 19.3 Å². The average Bonchev–Trinajstić information content (AvgIpc) is 2.91. The molecule has 5 heteroatoms. The molecule has 1 fully saturated rings. The van der Waals surface area contributed by atoms with Crippen molar-refractivity contribution in [2.75, 3.05) is 11.9 Å². The first-order chi connectivity index (χ1) is 13.0. The molecule has 2 aromatic rings. The van der Waals surface area contributed by atoms with Gasteiger partial charge in [0.2, 0.25) is 0 Å². The van der Waals surface area contributed by atoms with E-state index in [9.17, 15) is 4.79 Å². The minimum absolute atomic E-state index is 0.314. The highest BCUT2D eigenvalue weighted by Gasteiger charge is 2.38. The summed E-state index contributed by atoms with van der Waals surface area (Å²) in [6.45, 7) is 11.1. The molecule has 0 spiro atoms. The number of carboxylic acids is 1. The summed E-state index contributed by atoms with van der Waals surface area (Å²) in [4.78, 5) is 11.9. The number of hydrogen-bond donors (Lipinski definition) is 2. The van der Waals surface area contributed by atoms with Crippen molar-refractivity contribution in [2.24, 2.45) is 10.8 Å². The summed E-state index contributed by atoms with van der Waals surface area (Å²) in [7, 11) is 0. The van der Waals surface area contributed by atoms with Crippen molar-refractivity contribution >= 4 is 23.0 Å². The van der Waals surface area contributed by atoms with Crippen LogP contribution in [0, 0.1) is 17.8 Å². The summed E-state index contributed by atoms with van der Waals surface area (Å²) in [5.41, 5.74) is 3.95. The highest BCUT2D eigenvalue weighted by molar-refractivity contribution is 7.14. The average molecular weight is 402 g/mol. The molecule has 1 heterocycles. The fourth-order valence-electron chi connectivity index (χ4n) is 4.90. The smallest absolute Gasteiger partial charge is 0.341 e. The first kappa shape index (κ1) is 20.7. The van der Waals surface area contributed by atoms with Gasteiger partial charge in [0.15, 0.2) is 6.61 Å². The molecule has 152 valence electrons. The van der Waals surface area contributed by atoms with Gasteiger partial charge < -0.3 is 15.2 Å². The molecule has 1 saturated carbocycles. The van der Waals surface area contributed by atoms with Gasteiger partial charge in [0.1, 0.15) is 5.75 Å². The van der Waals surface area contributed by atoms with Gasteiger partial charge in [-0.15, -0.1) is 11.3 Å². The number of anilines is 1. The van der Waals surface area contributed by atoms with Crippen LogP contribution in [0.4, 0.5) is 5.69 Å². The molecule has 3 rings (SSSR count). The van der Waals surface area contributed by atoms with Crippen molar-refractivity contribution in [3.63, 3.8) is 0 Å². The molecule has 0 bridgehead atoms. The molecule has 1 aliphatic carbocycles. The molecule has 0 atom stereocenters. The van der Waals surface area contributed by atoms with Crippen LogP contribution in [0.3, 0.4) is 0 Å². The number of nitrogens with one attached hydrogen (secondary N) is 1. The summed E-state index contributed by atoms with van der Waals surface area (Å²) in [6.07, 6.45) is 3.60. The SMILES string of the molecule is Cc1c(OCC(=O)O)csc1-c1cccc(NC2CC(C)(C)CC(C)(C)C2)c1. The summed E-state index contributed by atoms with van der Waals surface area (Å²) in [5, 5.41) is 14.5. The summed E-state index contributed by atoms with van der Waals surface area (Å²) in [5.74, 6) is -0.312. The molecule has 0 saturated heterocycles. The highest BCUT2D eigenvalue weighted by atomic mass is 32.1. The Morgan fingerprint density at radius 3 is 2.57 bits per heavy atom. The molecule has 0 aliphatic heterocycles. The van der Waals surface area contributed by atoms with Crippen molar-refractivity contribution in [3.05, 3.63) is 35.2 Å². The zero-order chi connectivity index (χ0) is 20.5. The van der Waals surface area contributed by atoms with Crippen LogP contribution in [0.15, 0.2) is 29.6 Å². The molecule has 1 aromatic heterocycles. The van der Waals surface area contributed by atoms with Gasteiger partial charge >= 0.3 is 5.97 Å². The Kier molecular flexibility index (Phi) is 5.76. The number of benzene rings is 1. The summed E-state index contributed by atoms with van der Waals surface area (Å²) in [6, 6.07) is 8.96. The number of aliphatic carboxylic acids is 1. The Morgan fingerprint density at radius 1 is 1.25 bits per heavy atom. The summed E-state index contributed by atoms with van der Waals surface area (Å²) < 4.78 is 5.39. The van der Waals surface area contributed by atoms with Gasteiger partial charge in [0.25, 0.3) is 0 Å². The maximum Gasteiger partial charge on any atom is 0.341 e. The Labute approximate surface area is 171 Å².